The van der Waals surface area contributed by atoms with Crippen molar-refractivity contribution in [2.45, 2.75) is 31.0 Å². The fourth-order valence-electron chi connectivity index (χ4n) is 2.50. The molecular formula is C20H19N3O2S. The molecule has 3 rings (SSSR count). The maximum absolute atomic E-state index is 12.5. The van der Waals surface area contributed by atoms with Crippen LogP contribution in [0.3, 0.4) is 0 Å². The van der Waals surface area contributed by atoms with Crippen molar-refractivity contribution in [1.82, 2.24) is 9.97 Å². The zero-order valence-corrected chi connectivity index (χ0v) is 15.6. The third-order valence-corrected chi connectivity index (χ3v) is 5.00. The Bertz CT molecular complexity index is 970. The van der Waals surface area contributed by atoms with Crippen LogP contribution in [0.1, 0.15) is 30.0 Å². The Kier molecular flexibility index (Phi) is 5.32. The van der Waals surface area contributed by atoms with Gasteiger partial charge in [0.1, 0.15) is 10.9 Å². The number of carbonyl (C=O) groups is 2. The fourth-order valence-corrected chi connectivity index (χ4v) is 3.49. The quantitative estimate of drug-likeness (QED) is 0.415. The average Bonchev–Trinajstić information content (AvgIpc) is 2.62. The molecule has 26 heavy (non-hydrogen) atoms. The van der Waals surface area contributed by atoms with Gasteiger partial charge in [-0.2, -0.15) is 0 Å². The Morgan fingerprint density at radius 1 is 1.04 bits per heavy atom. The number of thioether (sulfide) groups is 1. The predicted molar refractivity (Wildman–Crippen MR) is 105 cm³/mol. The number of benzene rings is 2. The number of anilines is 1. The fraction of sp³-hybridized carbons (Fsp3) is 0.200. The second-order valence-corrected chi connectivity index (χ2v) is 7.31. The van der Waals surface area contributed by atoms with Crippen LogP contribution < -0.4 is 5.32 Å². The Hall–Kier alpha value is -2.73. The van der Waals surface area contributed by atoms with Crippen LogP contribution >= 0.6 is 11.8 Å². The van der Waals surface area contributed by atoms with E-state index in [2.05, 4.69) is 15.3 Å². The minimum Gasteiger partial charge on any atom is -0.325 e. The Morgan fingerprint density at radius 2 is 1.73 bits per heavy atom. The number of nitrogens with one attached hydrogen (secondary N) is 1. The number of para-hydroxylation sites is 1. The molecule has 1 heterocycles. The van der Waals surface area contributed by atoms with Gasteiger partial charge in [0.05, 0.1) is 10.8 Å². The summed E-state index contributed by atoms with van der Waals surface area (Å²) < 4.78 is 0. The van der Waals surface area contributed by atoms with Crippen LogP contribution in [0.15, 0.2) is 53.6 Å². The SMILES string of the molecule is CC(=O)c1ccc(NC(=O)[C@@H](C)Sc2nc(C)nc3ccccc23)cc1. The van der Waals surface area contributed by atoms with Crippen LogP contribution in [-0.2, 0) is 4.79 Å². The van der Waals surface area contributed by atoms with E-state index in [0.29, 0.717) is 17.1 Å². The van der Waals surface area contributed by atoms with Crippen LogP contribution in [0, 0.1) is 6.92 Å². The molecule has 0 spiro atoms. The first kappa shape index (κ1) is 18.1. The van der Waals surface area contributed by atoms with Crippen molar-refractivity contribution in [3.8, 4) is 0 Å². The summed E-state index contributed by atoms with van der Waals surface area (Å²) in [5.74, 6) is 0.558. The molecule has 0 aliphatic rings. The molecule has 0 saturated carbocycles. The standard InChI is InChI=1S/C20H19N3O2S/c1-12(24)15-8-10-16(11-9-15)23-19(25)13(2)26-20-17-6-4-5-7-18(17)21-14(3)22-20/h4-11,13H,1-3H3,(H,23,25)/t13-/m1/s1. The van der Waals surface area contributed by atoms with E-state index in [9.17, 15) is 9.59 Å². The summed E-state index contributed by atoms with van der Waals surface area (Å²) in [6.45, 7) is 5.20. The van der Waals surface area contributed by atoms with Gasteiger partial charge >= 0.3 is 0 Å². The van der Waals surface area contributed by atoms with Gasteiger partial charge in [-0.15, -0.1) is 0 Å². The number of ketones is 1. The summed E-state index contributed by atoms with van der Waals surface area (Å²) in [5.41, 5.74) is 2.15. The van der Waals surface area contributed by atoms with Crippen LogP contribution in [-0.4, -0.2) is 26.9 Å². The second-order valence-electron chi connectivity index (χ2n) is 5.98. The number of rotatable bonds is 5. The van der Waals surface area contributed by atoms with Gasteiger partial charge in [-0.05, 0) is 51.1 Å². The van der Waals surface area contributed by atoms with E-state index in [0.717, 1.165) is 15.9 Å². The summed E-state index contributed by atoms with van der Waals surface area (Å²) in [7, 11) is 0. The zero-order valence-electron chi connectivity index (χ0n) is 14.8. The number of hydrogen-bond donors (Lipinski definition) is 1. The Labute approximate surface area is 156 Å². The van der Waals surface area contributed by atoms with Gasteiger partial charge in [0.15, 0.2) is 5.78 Å². The maximum atomic E-state index is 12.5. The molecule has 1 aromatic heterocycles. The minimum absolute atomic E-state index is 0.00203. The van der Waals surface area contributed by atoms with E-state index < -0.39 is 0 Å². The van der Waals surface area contributed by atoms with Gasteiger partial charge in [0.2, 0.25) is 5.91 Å². The van der Waals surface area contributed by atoms with Gasteiger partial charge in [0.25, 0.3) is 0 Å². The highest BCUT2D eigenvalue weighted by Gasteiger charge is 2.17. The lowest BCUT2D eigenvalue weighted by Gasteiger charge is -2.13. The summed E-state index contributed by atoms with van der Waals surface area (Å²) in [4.78, 5) is 32.8. The normalized spacial score (nSPS) is 12.0. The molecule has 0 unspecified atom stereocenters. The molecule has 0 fully saturated rings. The molecule has 0 aliphatic carbocycles. The van der Waals surface area contributed by atoms with E-state index in [4.69, 9.17) is 0 Å². The smallest absolute Gasteiger partial charge is 0.237 e. The zero-order chi connectivity index (χ0) is 18.7. The van der Waals surface area contributed by atoms with E-state index in [1.807, 2.05) is 38.1 Å². The van der Waals surface area contributed by atoms with E-state index in [1.54, 1.807) is 24.3 Å². The number of amides is 1. The highest BCUT2D eigenvalue weighted by molar-refractivity contribution is 8.00. The first-order chi connectivity index (χ1) is 12.4. The molecule has 1 amide bonds. The van der Waals surface area contributed by atoms with Gasteiger partial charge in [-0.25, -0.2) is 9.97 Å². The minimum atomic E-state index is -0.333. The van der Waals surface area contributed by atoms with Crippen LogP contribution in [0.4, 0.5) is 5.69 Å². The average molecular weight is 365 g/mol. The number of Topliss-reactive ketones (excluding diaryl/α,β-unsaturated/α-hetero) is 1. The molecule has 5 nitrogen and oxygen atoms in total. The molecule has 1 atom stereocenters. The largest absolute Gasteiger partial charge is 0.325 e. The summed E-state index contributed by atoms with van der Waals surface area (Å²) in [6, 6.07) is 14.6. The van der Waals surface area contributed by atoms with Crippen LogP contribution in [0.25, 0.3) is 10.9 Å². The molecule has 2 aromatic carbocycles. The van der Waals surface area contributed by atoms with Crippen molar-refractivity contribution < 1.29 is 9.59 Å². The van der Waals surface area contributed by atoms with Crippen molar-refractivity contribution in [1.29, 1.82) is 0 Å². The van der Waals surface area contributed by atoms with Crippen molar-refractivity contribution in [2.24, 2.45) is 0 Å². The number of fused-ring (bicyclic) bond motifs is 1. The lowest BCUT2D eigenvalue weighted by molar-refractivity contribution is -0.115. The molecule has 6 heteroatoms. The third-order valence-electron chi connectivity index (χ3n) is 3.90. The Morgan fingerprint density at radius 3 is 2.42 bits per heavy atom. The summed E-state index contributed by atoms with van der Waals surface area (Å²) in [5, 5.41) is 4.28. The number of nitrogens with zero attached hydrogens (tertiary/aromatic N) is 2. The van der Waals surface area contributed by atoms with E-state index >= 15 is 0 Å². The molecule has 3 aromatic rings. The second kappa shape index (κ2) is 7.66. The third kappa shape index (κ3) is 4.08. The molecular weight excluding hydrogens is 346 g/mol. The summed E-state index contributed by atoms with van der Waals surface area (Å²) in [6.07, 6.45) is 0. The lowest BCUT2D eigenvalue weighted by Crippen LogP contribution is -2.22. The first-order valence-electron chi connectivity index (χ1n) is 8.26. The number of aromatic nitrogens is 2. The van der Waals surface area contributed by atoms with Crippen molar-refractivity contribution in [3.05, 3.63) is 59.9 Å². The highest BCUT2D eigenvalue weighted by atomic mass is 32.2. The Balaban J connectivity index is 1.74. The van der Waals surface area contributed by atoms with Crippen LogP contribution in [0.5, 0.6) is 0 Å². The molecule has 132 valence electrons. The van der Waals surface area contributed by atoms with E-state index in [-0.39, 0.29) is 16.9 Å². The van der Waals surface area contributed by atoms with E-state index in [1.165, 1.54) is 18.7 Å². The molecule has 0 radical (unpaired) electrons. The van der Waals surface area contributed by atoms with Gasteiger partial charge in [0, 0.05) is 16.6 Å². The molecule has 1 N–H and O–H groups in total. The highest BCUT2D eigenvalue weighted by Crippen LogP contribution is 2.29. The van der Waals surface area contributed by atoms with Crippen molar-refractivity contribution >= 4 is 40.0 Å². The van der Waals surface area contributed by atoms with Gasteiger partial charge < -0.3 is 5.32 Å². The number of hydrogen-bond acceptors (Lipinski definition) is 5. The molecule has 0 saturated heterocycles. The van der Waals surface area contributed by atoms with Crippen molar-refractivity contribution in [3.63, 3.8) is 0 Å². The van der Waals surface area contributed by atoms with Gasteiger partial charge in [-0.1, -0.05) is 30.0 Å². The van der Waals surface area contributed by atoms with Crippen molar-refractivity contribution in [2.75, 3.05) is 5.32 Å². The summed E-state index contributed by atoms with van der Waals surface area (Å²) >= 11 is 1.41. The lowest BCUT2D eigenvalue weighted by atomic mass is 10.1. The van der Waals surface area contributed by atoms with Crippen LogP contribution in [0.2, 0.25) is 0 Å². The first-order valence-corrected chi connectivity index (χ1v) is 9.14. The maximum Gasteiger partial charge on any atom is 0.237 e. The van der Waals surface area contributed by atoms with Gasteiger partial charge in [-0.3, -0.25) is 9.59 Å². The topological polar surface area (TPSA) is 72.0 Å². The molecule has 0 aliphatic heterocycles. The molecule has 0 bridgehead atoms. The predicted octanol–water partition coefficient (Wildman–Crippen LogP) is 4.26. The number of aryl methyl sites for hydroxylation is 1. The monoisotopic (exact) mass is 365 g/mol. The number of carbonyl (C=O) groups excluding carboxylic acids is 2.